The second-order valence-electron chi connectivity index (χ2n) is 8.85. The summed E-state index contributed by atoms with van der Waals surface area (Å²) < 4.78 is 0. The first-order chi connectivity index (χ1) is 17.5. The third kappa shape index (κ3) is 6.31. The van der Waals surface area contributed by atoms with E-state index in [2.05, 4.69) is 16.4 Å². The summed E-state index contributed by atoms with van der Waals surface area (Å²) in [5.74, 6) is -1.08. The van der Waals surface area contributed by atoms with Crippen LogP contribution in [0.2, 0.25) is 0 Å². The Morgan fingerprint density at radius 2 is 1.86 bits per heavy atom. The normalized spacial score (nSPS) is 15.8. The first-order valence-electron chi connectivity index (χ1n) is 12.1. The number of anilines is 1. The molecule has 4 rings (SSSR count). The lowest BCUT2D eigenvalue weighted by molar-refractivity contribution is -0.137. The van der Waals surface area contributed by atoms with E-state index in [-0.39, 0.29) is 36.6 Å². The highest BCUT2D eigenvalue weighted by atomic mass is 16.2. The average Bonchev–Trinajstić information content (AvgIpc) is 2.93. The predicted octanol–water partition coefficient (Wildman–Crippen LogP) is 3.94. The van der Waals surface area contributed by atoms with Crippen molar-refractivity contribution in [3.8, 4) is 0 Å². The SMILES string of the molecule is NCC(=O)Nc1cccc(C(=O)C[C@@H](Cc2ccccc2)C(=O)N2CC=CCC2c2cccnc2)c1. The highest BCUT2D eigenvalue weighted by Gasteiger charge is 2.32. The Morgan fingerprint density at radius 3 is 2.61 bits per heavy atom. The van der Waals surface area contributed by atoms with E-state index in [9.17, 15) is 14.4 Å². The molecule has 1 unspecified atom stereocenters. The number of pyridine rings is 1. The Labute approximate surface area is 211 Å². The molecule has 0 radical (unpaired) electrons. The molecule has 3 N–H and O–H groups in total. The number of ketones is 1. The summed E-state index contributed by atoms with van der Waals surface area (Å²) in [4.78, 5) is 45.1. The van der Waals surface area contributed by atoms with Gasteiger partial charge in [0.05, 0.1) is 12.6 Å². The molecule has 1 aromatic heterocycles. The van der Waals surface area contributed by atoms with Crippen molar-refractivity contribution < 1.29 is 14.4 Å². The van der Waals surface area contributed by atoms with Crippen molar-refractivity contribution in [2.24, 2.45) is 11.7 Å². The number of aromatic nitrogens is 1. The molecule has 2 atom stereocenters. The van der Waals surface area contributed by atoms with Gasteiger partial charge in [-0.1, -0.05) is 60.7 Å². The zero-order chi connectivity index (χ0) is 25.3. The van der Waals surface area contributed by atoms with Crippen LogP contribution in [-0.4, -0.2) is 40.6 Å². The van der Waals surface area contributed by atoms with Gasteiger partial charge >= 0.3 is 0 Å². The monoisotopic (exact) mass is 482 g/mol. The van der Waals surface area contributed by atoms with E-state index >= 15 is 0 Å². The summed E-state index contributed by atoms with van der Waals surface area (Å²) in [6, 6.07) is 20.2. The first-order valence-corrected chi connectivity index (χ1v) is 12.1. The van der Waals surface area contributed by atoms with Gasteiger partial charge in [0.25, 0.3) is 0 Å². The quantitative estimate of drug-likeness (QED) is 0.355. The van der Waals surface area contributed by atoms with E-state index in [0.717, 1.165) is 11.1 Å². The maximum absolute atomic E-state index is 14.0. The predicted molar refractivity (Wildman–Crippen MR) is 139 cm³/mol. The molecule has 0 aliphatic carbocycles. The molecule has 7 heteroatoms. The summed E-state index contributed by atoms with van der Waals surface area (Å²) in [5.41, 5.74) is 8.30. The van der Waals surface area contributed by atoms with Crippen molar-refractivity contribution in [1.29, 1.82) is 0 Å². The van der Waals surface area contributed by atoms with Crippen LogP contribution in [0, 0.1) is 5.92 Å². The van der Waals surface area contributed by atoms with Crippen LogP contribution in [0.25, 0.3) is 0 Å². The third-order valence-electron chi connectivity index (χ3n) is 6.32. The van der Waals surface area contributed by atoms with E-state index < -0.39 is 5.92 Å². The number of Topliss-reactive ketones (excluding diaryl/α,β-unsaturated/α-hetero) is 1. The number of carbonyl (C=O) groups is 3. The van der Waals surface area contributed by atoms with Gasteiger partial charge in [0, 0.05) is 42.5 Å². The fourth-order valence-electron chi connectivity index (χ4n) is 4.50. The number of hydrogen-bond acceptors (Lipinski definition) is 5. The Hall–Kier alpha value is -4.10. The fraction of sp³-hybridized carbons (Fsp3) is 0.241. The number of nitrogens with zero attached hydrogens (tertiary/aromatic N) is 2. The molecule has 36 heavy (non-hydrogen) atoms. The Kier molecular flexibility index (Phi) is 8.36. The topological polar surface area (TPSA) is 105 Å². The van der Waals surface area contributed by atoms with Gasteiger partial charge in [0.1, 0.15) is 0 Å². The molecule has 0 bridgehead atoms. The number of amides is 2. The lowest BCUT2D eigenvalue weighted by Gasteiger charge is -2.35. The summed E-state index contributed by atoms with van der Waals surface area (Å²) in [7, 11) is 0. The van der Waals surface area contributed by atoms with Crippen molar-refractivity contribution in [3.63, 3.8) is 0 Å². The molecular weight excluding hydrogens is 452 g/mol. The number of rotatable bonds is 9. The van der Waals surface area contributed by atoms with Crippen LogP contribution in [0.4, 0.5) is 5.69 Å². The summed E-state index contributed by atoms with van der Waals surface area (Å²) in [6.07, 6.45) is 8.80. The minimum Gasteiger partial charge on any atom is -0.331 e. The summed E-state index contributed by atoms with van der Waals surface area (Å²) in [6.45, 7) is 0.340. The van der Waals surface area contributed by atoms with Gasteiger partial charge in [-0.15, -0.1) is 0 Å². The number of nitrogens with one attached hydrogen (secondary N) is 1. The molecule has 1 aliphatic heterocycles. The van der Waals surface area contributed by atoms with Crippen molar-refractivity contribution in [2.45, 2.75) is 25.3 Å². The van der Waals surface area contributed by atoms with Gasteiger partial charge in [0.15, 0.2) is 5.78 Å². The molecule has 2 amide bonds. The molecule has 2 aromatic carbocycles. The number of benzene rings is 2. The Balaban J connectivity index is 1.59. The van der Waals surface area contributed by atoms with Crippen molar-refractivity contribution in [1.82, 2.24) is 9.88 Å². The highest BCUT2D eigenvalue weighted by molar-refractivity contribution is 6.00. The molecule has 184 valence electrons. The minimum atomic E-state index is -0.534. The van der Waals surface area contributed by atoms with Gasteiger partial charge in [-0.3, -0.25) is 19.4 Å². The Bertz CT molecular complexity index is 1230. The molecule has 3 aromatic rings. The maximum Gasteiger partial charge on any atom is 0.238 e. The van der Waals surface area contributed by atoms with E-state index in [1.54, 1.807) is 36.7 Å². The van der Waals surface area contributed by atoms with Crippen LogP contribution >= 0.6 is 0 Å². The van der Waals surface area contributed by atoms with E-state index in [1.165, 1.54) is 0 Å². The second kappa shape index (κ2) is 12.0. The van der Waals surface area contributed by atoms with Crippen molar-refractivity contribution in [2.75, 3.05) is 18.4 Å². The highest BCUT2D eigenvalue weighted by Crippen LogP contribution is 2.30. The summed E-state index contributed by atoms with van der Waals surface area (Å²) >= 11 is 0. The molecule has 0 saturated carbocycles. The molecule has 0 fully saturated rings. The molecule has 0 saturated heterocycles. The third-order valence-corrected chi connectivity index (χ3v) is 6.32. The minimum absolute atomic E-state index is 0.0574. The van der Waals surface area contributed by atoms with Crippen LogP contribution in [0.15, 0.2) is 91.3 Å². The van der Waals surface area contributed by atoms with Crippen LogP contribution in [0.3, 0.4) is 0 Å². The maximum atomic E-state index is 14.0. The molecular formula is C29H30N4O3. The Morgan fingerprint density at radius 1 is 1.03 bits per heavy atom. The van der Waals surface area contributed by atoms with Gasteiger partial charge in [0.2, 0.25) is 11.8 Å². The van der Waals surface area contributed by atoms with Crippen LogP contribution in [0.5, 0.6) is 0 Å². The largest absolute Gasteiger partial charge is 0.331 e. The average molecular weight is 483 g/mol. The van der Waals surface area contributed by atoms with Crippen LogP contribution in [-0.2, 0) is 16.0 Å². The van der Waals surface area contributed by atoms with E-state index in [4.69, 9.17) is 5.73 Å². The number of hydrogen-bond donors (Lipinski definition) is 2. The molecule has 7 nitrogen and oxygen atoms in total. The lowest BCUT2D eigenvalue weighted by Crippen LogP contribution is -2.42. The fourth-order valence-corrected chi connectivity index (χ4v) is 4.50. The van der Waals surface area contributed by atoms with Gasteiger partial charge in [-0.2, -0.15) is 0 Å². The smallest absolute Gasteiger partial charge is 0.238 e. The first kappa shape index (κ1) is 25.0. The molecule has 0 spiro atoms. The zero-order valence-corrected chi connectivity index (χ0v) is 20.0. The van der Waals surface area contributed by atoms with Crippen LogP contribution < -0.4 is 11.1 Å². The van der Waals surface area contributed by atoms with Crippen molar-refractivity contribution in [3.05, 3.63) is 108 Å². The van der Waals surface area contributed by atoms with Crippen molar-refractivity contribution >= 4 is 23.3 Å². The van der Waals surface area contributed by atoms with Crippen LogP contribution in [0.1, 0.15) is 40.4 Å². The van der Waals surface area contributed by atoms with Gasteiger partial charge in [-0.25, -0.2) is 0 Å². The summed E-state index contributed by atoms with van der Waals surface area (Å²) in [5, 5.41) is 2.67. The number of nitrogens with two attached hydrogens (primary N) is 1. The van der Waals surface area contributed by atoms with E-state index in [0.29, 0.717) is 30.6 Å². The molecule has 1 aliphatic rings. The second-order valence-corrected chi connectivity index (χ2v) is 8.85. The zero-order valence-electron chi connectivity index (χ0n) is 20.0. The lowest BCUT2D eigenvalue weighted by atomic mass is 9.89. The van der Waals surface area contributed by atoms with E-state index in [1.807, 2.05) is 53.4 Å². The van der Waals surface area contributed by atoms with Gasteiger partial charge in [-0.05, 0) is 42.2 Å². The standard InChI is InChI=1S/C29H30N4O3/c30-19-28(35)32-25-12-6-10-22(17-25)27(34)18-24(16-21-8-2-1-3-9-21)29(36)33-15-5-4-13-26(33)23-11-7-14-31-20-23/h1-12,14,17,20,24,26H,13,15-16,18-19,30H2,(H,32,35)/t24-,26?/m1/s1. The van der Waals surface area contributed by atoms with Gasteiger partial charge < -0.3 is 16.0 Å². The molecule has 2 heterocycles. The number of carbonyl (C=O) groups excluding carboxylic acids is 3.